The van der Waals surface area contributed by atoms with E-state index < -0.39 is 10.1 Å². The Morgan fingerprint density at radius 2 is 1.83 bits per heavy atom. The standard InChI is InChI=1S/C26H34N4S.CH4O3S/c1-4-27-24-18-20-10-9-19(17-22(20)26(24,2)3)11-12-29-13-15-30(16-14-29)25-21-7-5-6-8-23(21)31-28-25;1-5(2,3)4/h5-10,17,24,27H,4,11-16,18H2,1-3H3;1H3,(H,2,3,4). The molecule has 2 heterocycles. The van der Waals surface area contributed by atoms with Crippen molar-refractivity contribution < 1.29 is 13.0 Å². The molecule has 5 rings (SSSR count). The maximum absolute atomic E-state index is 9.19. The summed E-state index contributed by atoms with van der Waals surface area (Å²) < 4.78 is 31.9. The molecule has 0 saturated carbocycles. The van der Waals surface area contributed by atoms with Crippen molar-refractivity contribution in [2.45, 2.75) is 45.1 Å². The Bertz CT molecular complexity index is 1270. The Morgan fingerprint density at radius 1 is 1.14 bits per heavy atom. The van der Waals surface area contributed by atoms with Gasteiger partial charge in [0.2, 0.25) is 0 Å². The third-order valence-corrected chi connectivity index (χ3v) is 8.18. The molecule has 9 heteroatoms. The Kier molecular flexibility index (Phi) is 8.36. The van der Waals surface area contributed by atoms with E-state index in [1.54, 1.807) is 17.1 Å². The van der Waals surface area contributed by atoms with Crippen molar-refractivity contribution in [3.05, 3.63) is 59.2 Å². The largest absolute Gasteiger partial charge is 0.353 e. The molecule has 1 fully saturated rings. The van der Waals surface area contributed by atoms with Crippen molar-refractivity contribution in [1.82, 2.24) is 14.6 Å². The molecule has 2 aliphatic rings. The van der Waals surface area contributed by atoms with Gasteiger partial charge >= 0.3 is 0 Å². The van der Waals surface area contributed by atoms with Gasteiger partial charge in [-0.05, 0) is 59.7 Å². The van der Waals surface area contributed by atoms with Crippen LogP contribution in [0.2, 0.25) is 0 Å². The number of piperazine rings is 1. The fourth-order valence-electron chi connectivity index (χ4n) is 5.36. The molecule has 1 aliphatic carbocycles. The first-order chi connectivity index (χ1) is 17.1. The van der Waals surface area contributed by atoms with Gasteiger partial charge in [0.25, 0.3) is 10.1 Å². The molecule has 0 radical (unpaired) electrons. The van der Waals surface area contributed by atoms with Crippen LogP contribution < -0.4 is 10.2 Å². The number of aromatic nitrogens is 1. The average molecular weight is 531 g/mol. The minimum atomic E-state index is -3.67. The molecule has 2 aromatic carbocycles. The number of hydrogen-bond donors (Lipinski definition) is 2. The number of nitrogens with one attached hydrogen (secondary N) is 1. The van der Waals surface area contributed by atoms with Crippen LogP contribution in [-0.4, -0.2) is 73.8 Å². The van der Waals surface area contributed by atoms with Gasteiger partial charge < -0.3 is 10.2 Å². The lowest BCUT2D eigenvalue weighted by molar-refractivity contribution is 0.260. The van der Waals surface area contributed by atoms with Crippen molar-refractivity contribution in [2.75, 3.05) is 50.4 Å². The summed E-state index contributed by atoms with van der Waals surface area (Å²) in [5, 5.41) is 5.00. The number of anilines is 1. The summed E-state index contributed by atoms with van der Waals surface area (Å²) in [6, 6.07) is 16.4. The van der Waals surface area contributed by atoms with E-state index in [1.165, 1.54) is 27.0 Å². The molecule has 36 heavy (non-hydrogen) atoms. The van der Waals surface area contributed by atoms with Gasteiger partial charge in [0.05, 0.1) is 11.0 Å². The summed E-state index contributed by atoms with van der Waals surface area (Å²) in [6.07, 6.45) is 3.01. The van der Waals surface area contributed by atoms with Crippen LogP contribution in [0.4, 0.5) is 5.82 Å². The summed E-state index contributed by atoms with van der Waals surface area (Å²) in [7, 11) is -3.67. The van der Waals surface area contributed by atoms with Crippen molar-refractivity contribution in [3.63, 3.8) is 0 Å². The maximum atomic E-state index is 9.19. The van der Waals surface area contributed by atoms with Crippen LogP contribution in [0.1, 0.15) is 37.5 Å². The van der Waals surface area contributed by atoms with Crippen LogP contribution in [0.25, 0.3) is 10.1 Å². The Hall–Kier alpha value is -2.04. The molecule has 196 valence electrons. The molecule has 2 N–H and O–H groups in total. The lowest BCUT2D eigenvalue weighted by atomic mass is 9.82. The Morgan fingerprint density at radius 3 is 2.53 bits per heavy atom. The second-order valence-corrected chi connectivity index (χ2v) is 12.6. The fourth-order valence-corrected chi connectivity index (χ4v) is 6.16. The minimum Gasteiger partial charge on any atom is -0.353 e. The molecule has 1 atom stereocenters. The lowest BCUT2D eigenvalue weighted by Crippen LogP contribution is -2.47. The van der Waals surface area contributed by atoms with E-state index in [2.05, 4.69) is 78.4 Å². The number of hydrogen-bond acceptors (Lipinski definition) is 7. The lowest BCUT2D eigenvalue weighted by Gasteiger charge is -2.35. The molecule has 1 aromatic heterocycles. The molecule has 0 amide bonds. The third-order valence-electron chi connectivity index (χ3n) is 7.36. The predicted molar refractivity (Wildman–Crippen MR) is 150 cm³/mol. The van der Waals surface area contributed by atoms with Gasteiger partial charge in [-0.15, -0.1) is 0 Å². The highest BCUT2D eigenvalue weighted by Gasteiger charge is 2.38. The molecular weight excluding hydrogens is 492 g/mol. The van der Waals surface area contributed by atoms with Crippen LogP contribution in [0.5, 0.6) is 0 Å². The summed E-state index contributed by atoms with van der Waals surface area (Å²) >= 11 is 1.62. The van der Waals surface area contributed by atoms with Crippen LogP contribution in [-0.2, 0) is 28.4 Å². The highest BCUT2D eigenvalue weighted by atomic mass is 32.2. The molecule has 1 aliphatic heterocycles. The van der Waals surface area contributed by atoms with E-state index in [-0.39, 0.29) is 5.41 Å². The zero-order chi connectivity index (χ0) is 25.9. The van der Waals surface area contributed by atoms with Gasteiger partial charge in [-0.25, -0.2) is 0 Å². The molecule has 1 saturated heterocycles. The van der Waals surface area contributed by atoms with Crippen molar-refractivity contribution in [1.29, 1.82) is 0 Å². The van der Waals surface area contributed by atoms with E-state index >= 15 is 0 Å². The van der Waals surface area contributed by atoms with E-state index in [1.807, 2.05) is 0 Å². The fraction of sp³-hybridized carbons (Fsp3) is 0.519. The summed E-state index contributed by atoms with van der Waals surface area (Å²) in [4.78, 5) is 5.08. The molecule has 7 nitrogen and oxygen atoms in total. The summed E-state index contributed by atoms with van der Waals surface area (Å²) in [5.74, 6) is 1.18. The average Bonchev–Trinajstić information content (AvgIpc) is 3.36. The molecule has 1 unspecified atom stereocenters. The first kappa shape index (κ1) is 27.0. The first-order valence-corrected chi connectivity index (χ1v) is 15.3. The van der Waals surface area contributed by atoms with Crippen molar-refractivity contribution in [2.24, 2.45) is 0 Å². The SMILES string of the molecule is CCNC1Cc2ccc(CCN3CCN(c4nsc5ccccc45)CC3)cc2C1(C)C.CS(=O)(=O)O. The topological polar surface area (TPSA) is 85.8 Å². The minimum absolute atomic E-state index is 0.212. The van der Waals surface area contributed by atoms with Gasteiger partial charge in [0.15, 0.2) is 0 Å². The van der Waals surface area contributed by atoms with Crippen molar-refractivity contribution >= 4 is 37.6 Å². The smallest absolute Gasteiger partial charge is 0.261 e. The van der Waals surface area contributed by atoms with E-state index in [0.29, 0.717) is 12.3 Å². The van der Waals surface area contributed by atoms with Crippen molar-refractivity contribution in [3.8, 4) is 0 Å². The number of benzene rings is 2. The molecule has 0 bridgehead atoms. The number of nitrogens with zero attached hydrogens (tertiary/aromatic N) is 3. The van der Waals surface area contributed by atoms with Gasteiger partial charge in [-0.3, -0.25) is 9.45 Å². The molecule has 0 spiro atoms. The van der Waals surface area contributed by atoms with E-state index in [4.69, 9.17) is 8.93 Å². The zero-order valence-corrected chi connectivity index (χ0v) is 23.3. The Labute approximate surface area is 219 Å². The normalized spacial score (nSPS) is 19.7. The van der Waals surface area contributed by atoms with Gasteiger partial charge in [0, 0.05) is 49.6 Å². The van der Waals surface area contributed by atoms with Crippen LogP contribution in [0.15, 0.2) is 42.5 Å². The quantitative estimate of drug-likeness (QED) is 0.466. The Balaban J connectivity index is 0.000000556. The van der Waals surface area contributed by atoms with Crippen LogP contribution in [0.3, 0.4) is 0 Å². The second kappa shape index (κ2) is 11.1. The predicted octanol–water partition coefficient (Wildman–Crippen LogP) is 3.98. The highest BCUT2D eigenvalue weighted by Crippen LogP contribution is 2.39. The monoisotopic (exact) mass is 530 g/mol. The maximum Gasteiger partial charge on any atom is 0.261 e. The summed E-state index contributed by atoms with van der Waals surface area (Å²) in [6.45, 7) is 13.6. The summed E-state index contributed by atoms with van der Waals surface area (Å²) in [5.41, 5.74) is 4.78. The third kappa shape index (κ3) is 6.44. The van der Waals surface area contributed by atoms with Gasteiger partial charge in [-0.2, -0.15) is 12.8 Å². The molecular formula is C27H38N4O3S2. The first-order valence-electron chi connectivity index (χ1n) is 12.7. The zero-order valence-electron chi connectivity index (χ0n) is 21.7. The van der Waals surface area contributed by atoms with Crippen LogP contribution >= 0.6 is 11.5 Å². The van der Waals surface area contributed by atoms with Crippen LogP contribution in [0, 0.1) is 0 Å². The van der Waals surface area contributed by atoms with E-state index in [9.17, 15) is 8.42 Å². The van der Waals surface area contributed by atoms with E-state index in [0.717, 1.165) is 52.1 Å². The van der Waals surface area contributed by atoms with Gasteiger partial charge in [0.1, 0.15) is 5.82 Å². The number of rotatable bonds is 6. The number of likely N-dealkylation sites (N-methyl/N-ethyl adjacent to an activating group) is 1. The number of fused-ring (bicyclic) bond motifs is 2. The second-order valence-electron chi connectivity index (χ2n) is 10.3. The highest BCUT2D eigenvalue weighted by molar-refractivity contribution is 7.85. The van der Waals surface area contributed by atoms with Gasteiger partial charge in [-0.1, -0.05) is 51.1 Å². The molecule has 3 aromatic rings.